The Labute approximate surface area is 133 Å². The molecule has 3 rings (SSSR count). The number of fused-ring (bicyclic) bond motifs is 2. The van der Waals surface area contributed by atoms with Crippen LogP contribution in [0, 0.1) is 0 Å². The summed E-state index contributed by atoms with van der Waals surface area (Å²) < 4.78 is 0. The van der Waals surface area contributed by atoms with Gasteiger partial charge in [0.25, 0.3) is 0 Å². The number of ketones is 1. The zero-order valence-corrected chi connectivity index (χ0v) is 13.0. The zero-order chi connectivity index (χ0) is 16.7. The van der Waals surface area contributed by atoms with Crippen molar-refractivity contribution < 1.29 is 19.8 Å². The molecule has 6 nitrogen and oxygen atoms in total. The number of hydrogen-bond acceptors (Lipinski definition) is 5. The van der Waals surface area contributed by atoms with Crippen molar-refractivity contribution in [2.24, 2.45) is 0 Å². The van der Waals surface area contributed by atoms with E-state index in [1.807, 2.05) is 37.2 Å². The van der Waals surface area contributed by atoms with Gasteiger partial charge >= 0.3 is 5.97 Å². The second-order valence-corrected chi connectivity index (χ2v) is 5.85. The molecule has 2 N–H and O–H groups in total. The van der Waals surface area contributed by atoms with Gasteiger partial charge in [0.15, 0.2) is 5.78 Å². The minimum Gasteiger partial charge on any atom is -0.479 e. The van der Waals surface area contributed by atoms with Gasteiger partial charge in [-0.15, -0.1) is 0 Å². The molecule has 0 saturated heterocycles. The van der Waals surface area contributed by atoms with E-state index in [1.165, 1.54) is 11.0 Å². The molecule has 1 aliphatic heterocycles. The third-order valence-corrected chi connectivity index (χ3v) is 4.24. The lowest BCUT2D eigenvalue weighted by Crippen LogP contribution is -2.43. The first-order valence-corrected chi connectivity index (χ1v) is 7.30. The molecule has 0 spiro atoms. The lowest BCUT2D eigenvalue weighted by atomic mass is 9.84. The Balaban J connectivity index is 2.17. The highest BCUT2D eigenvalue weighted by Crippen LogP contribution is 2.37. The zero-order valence-electron chi connectivity index (χ0n) is 13.0. The Kier molecular flexibility index (Phi) is 3.69. The second-order valence-electron chi connectivity index (χ2n) is 5.85. The van der Waals surface area contributed by atoms with Crippen molar-refractivity contribution in [1.82, 2.24) is 4.90 Å². The number of benzene rings is 1. The number of carbonyl (C=O) groups excluding carboxylic acids is 1. The van der Waals surface area contributed by atoms with E-state index < -0.39 is 18.7 Å². The second kappa shape index (κ2) is 5.55. The summed E-state index contributed by atoms with van der Waals surface area (Å²) in [4.78, 5) is 27.1. The summed E-state index contributed by atoms with van der Waals surface area (Å²) in [7, 11) is 3.84. The number of anilines is 1. The van der Waals surface area contributed by atoms with Crippen molar-refractivity contribution in [1.29, 1.82) is 0 Å². The molecular weight excluding hydrogens is 296 g/mol. The molecule has 1 heterocycles. The smallest absolute Gasteiger partial charge is 0.330 e. The number of carboxylic acids is 1. The lowest BCUT2D eigenvalue weighted by Gasteiger charge is -2.36. The van der Waals surface area contributed by atoms with Gasteiger partial charge in [0, 0.05) is 37.3 Å². The van der Waals surface area contributed by atoms with E-state index in [0.717, 1.165) is 16.8 Å². The number of rotatable bonds is 3. The average Bonchev–Trinajstić information content (AvgIpc) is 2.52. The van der Waals surface area contributed by atoms with Gasteiger partial charge in [-0.05, 0) is 17.7 Å². The molecule has 1 unspecified atom stereocenters. The summed E-state index contributed by atoms with van der Waals surface area (Å²) in [6.07, 6.45) is 3.27. The van der Waals surface area contributed by atoms with E-state index in [-0.39, 0.29) is 12.2 Å². The predicted molar refractivity (Wildman–Crippen MR) is 85.9 cm³/mol. The van der Waals surface area contributed by atoms with Crippen molar-refractivity contribution in [2.45, 2.75) is 12.5 Å². The fraction of sp³-hybridized carbons (Fsp3) is 0.294. The standard InChI is InChI=1S/C17H18N2O4/c1-18(2)11-3-4-12-10(7-11)8-15(21)13-5-6-14(17(22)23)19(9-20)16(12)13/h3-7,14,20H,8-9H2,1-2H3,(H,22,23). The van der Waals surface area contributed by atoms with Crippen LogP contribution in [-0.2, 0) is 16.0 Å². The molecule has 1 aromatic carbocycles. The molecule has 2 aliphatic rings. The van der Waals surface area contributed by atoms with Gasteiger partial charge < -0.3 is 20.0 Å². The van der Waals surface area contributed by atoms with Crippen molar-refractivity contribution in [3.05, 3.63) is 47.1 Å². The molecule has 6 heteroatoms. The van der Waals surface area contributed by atoms with Crippen LogP contribution in [0.3, 0.4) is 0 Å². The van der Waals surface area contributed by atoms with Crippen LogP contribution >= 0.6 is 0 Å². The summed E-state index contributed by atoms with van der Waals surface area (Å²) in [6, 6.07) is 4.75. The number of nitrogens with zero attached hydrogens (tertiary/aromatic N) is 2. The van der Waals surface area contributed by atoms with Gasteiger partial charge in [0.05, 0.1) is 5.70 Å². The van der Waals surface area contributed by atoms with E-state index in [2.05, 4.69) is 0 Å². The molecule has 1 atom stereocenters. The van der Waals surface area contributed by atoms with Gasteiger partial charge in [-0.25, -0.2) is 4.79 Å². The van der Waals surface area contributed by atoms with Gasteiger partial charge in [0.2, 0.25) is 0 Å². The highest BCUT2D eigenvalue weighted by molar-refractivity contribution is 6.10. The maximum Gasteiger partial charge on any atom is 0.330 e. The van der Waals surface area contributed by atoms with Crippen LogP contribution in [0.1, 0.15) is 11.1 Å². The van der Waals surface area contributed by atoms with Crippen LogP contribution in [0.2, 0.25) is 0 Å². The Hall–Kier alpha value is -2.60. The molecule has 0 saturated carbocycles. The molecule has 120 valence electrons. The average molecular weight is 314 g/mol. The van der Waals surface area contributed by atoms with Crippen molar-refractivity contribution in [3.63, 3.8) is 0 Å². The van der Waals surface area contributed by atoms with Crippen LogP contribution < -0.4 is 4.90 Å². The van der Waals surface area contributed by atoms with E-state index in [4.69, 9.17) is 0 Å². The van der Waals surface area contributed by atoms with E-state index in [9.17, 15) is 19.8 Å². The lowest BCUT2D eigenvalue weighted by molar-refractivity contribution is -0.141. The first kappa shape index (κ1) is 15.3. The first-order chi connectivity index (χ1) is 10.9. The molecule has 23 heavy (non-hydrogen) atoms. The Bertz CT molecular complexity index is 749. The van der Waals surface area contributed by atoms with Gasteiger partial charge in [-0.1, -0.05) is 18.2 Å². The fourth-order valence-corrected chi connectivity index (χ4v) is 3.07. The van der Waals surface area contributed by atoms with Crippen molar-refractivity contribution >= 4 is 23.1 Å². The van der Waals surface area contributed by atoms with E-state index in [0.29, 0.717) is 11.3 Å². The van der Waals surface area contributed by atoms with Crippen LogP contribution in [0.4, 0.5) is 5.69 Å². The highest BCUT2D eigenvalue weighted by Gasteiger charge is 2.35. The van der Waals surface area contributed by atoms with Crippen molar-refractivity contribution in [2.75, 3.05) is 25.7 Å². The summed E-state index contributed by atoms with van der Waals surface area (Å²) in [5, 5.41) is 19.0. The topological polar surface area (TPSA) is 81.1 Å². The van der Waals surface area contributed by atoms with Gasteiger partial charge in [-0.3, -0.25) is 4.79 Å². The molecule has 0 amide bonds. The number of aliphatic hydroxyl groups excluding tert-OH is 1. The van der Waals surface area contributed by atoms with E-state index in [1.54, 1.807) is 6.08 Å². The van der Waals surface area contributed by atoms with Crippen LogP contribution in [0.15, 0.2) is 35.9 Å². The number of aliphatic hydroxyl groups is 1. The molecule has 1 aromatic rings. The predicted octanol–water partition coefficient (Wildman–Crippen LogP) is 0.864. The number of hydrogen-bond donors (Lipinski definition) is 2. The maximum atomic E-state index is 12.4. The monoisotopic (exact) mass is 314 g/mol. The first-order valence-electron chi connectivity index (χ1n) is 7.30. The maximum absolute atomic E-state index is 12.4. The molecule has 0 fully saturated rings. The molecule has 1 aliphatic carbocycles. The number of aliphatic carboxylic acids is 1. The third-order valence-electron chi connectivity index (χ3n) is 4.24. The number of carboxylic acid groups (broad SMARTS) is 1. The number of allylic oxidation sites excluding steroid dienone is 2. The minimum atomic E-state index is -1.06. The minimum absolute atomic E-state index is 0.0676. The van der Waals surface area contributed by atoms with Gasteiger partial charge in [0.1, 0.15) is 12.8 Å². The Morgan fingerprint density at radius 2 is 2.13 bits per heavy atom. The largest absolute Gasteiger partial charge is 0.479 e. The fourth-order valence-electron chi connectivity index (χ4n) is 3.07. The summed E-state index contributed by atoms with van der Waals surface area (Å²) in [6.45, 7) is -0.470. The van der Waals surface area contributed by atoms with Gasteiger partial charge in [-0.2, -0.15) is 0 Å². The Morgan fingerprint density at radius 3 is 2.74 bits per heavy atom. The SMILES string of the molecule is CN(C)c1ccc2c(c1)CC(=O)C1=C2N(CO)C(C(=O)O)C=C1. The molecule has 0 aromatic heterocycles. The molecular formula is C17H18N2O4. The van der Waals surface area contributed by atoms with Crippen molar-refractivity contribution in [3.8, 4) is 0 Å². The third kappa shape index (κ3) is 2.41. The summed E-state index contributed by atoms with van der Waals surface area (Å²) in [5.74, 6) is -1.13. The molecule has 0 radical (unpaired) electrons. The van der Waals surface area contributed by atoms with Crippen LogP contribution in [0.5, 0.6) is 0 Å². The number of carbonyl (C=O) groups is 2. The normalized spacial score (nSPS) is 19.5. The van der Waals surface area contributed by atoms with Crippen LogP contribution in [-0.4, -0.2) is 53.7 Å². The van der Waals surface area contributed by atoms with E-state index >= 15 is 0 Å². The van der Waals surface area contributed by atoms with Crippen LogP contribution in [0.25, 0.3) is 5.70 Å². The quantitative estimate of drug-likeness (QED) is 0.861. The summed E-state index contributed by atoms with van der Waals surface area (Å²) in [5.41, 5.74) is 3.57. The molecule has 0 bridgehead atoms. The Morgan fingerprint density at radius 1 is 1.39 bits per heavy atom. The highest BCUT2D eigenvalue weighted by atomic mass is 16.4. The summed E-state index contributed by atoms with van der Waals surface area (Å²) >= 11 is 0. The number of Topliss-reactive ketones (excluding diaryl/α,β-unsaturated/α-hetero) is 1.